The second kappa shape index (κ2) is 34.5. The Balaban J connectivity index is 2.29. The number of sulfonamides is 1. The maximum Gasteiger partial charge on any atom is 0.306 e. The van der Waals surface area contributed by atoms with Crippen LogP contribution >= 0.6 is 0 Å². The predicted molar refractivity (Wildman–Crippen MR) is 272 cm³/mol. The molecule has 0 saturated carbocycles. The minimum absolute atomic E-state index is 0.0388. The molecule has 0 aliphatic carbocycles. The van der Waals surface area contributed by atoms with E-state index < -0.39 is 47.5 Å². The number of carbonyl (C=O) groups is 2. The number of carboxylic acids is 1. The lowest BCUT2D eigenvalue weighted by molar-refractivity contribution is -0.148. The van der Waals surface area contributed by atoms with Gasteiger partial charge in [0.05, 0.1) is 30.7 Å². The Morgan fingerprint density at radius 3 is 1.44 bits per heavy atom. The van der Waals surface area contributed by atoms with Crippen molar-refractivity contribution in [3.63, 3.8) is 0 Å². The highest BCUT2D eigenvalue weighted by molar-refractivity contribution is 7.89. The molecule has 0 aliphatic heterocycles. The highest BCUT2D eigenvalue weighted by Gasteiger charge is 2.52. The van der Waals surface area contributed by atoms with Gasteiger partial charge in [0.1, 0.15) is 6.61 Å². The van der Waals surface area contributed by atoms with E-state index in [1.165, 1.54) is 122 Å². The Morgan fingerprint density at radius 2 is 1.03 bits per heavy atom. The quantitative estimate of drug-likeness (QED) is 0.0296. The molecule has 0 radical (unpaired) electrons. The molecule has 2 atom stereocenters. The van der Waals surface area contributed by atoms with Gasteiger partial charge in [0.15, 0.2) is 0 Å². The van der Waals surface area contributed by atoms with E-state index in [1.54, 1.807) is 0 Å². The van der Waals surface area contributed by atoms with E-state index in [-0.39, 0.29) is 25.2 Å². The summed E-state index contributed by atoms with van der Waals surface area (Å²) in [4.78, 5) is 24.2. The molecule has 10 heteroatoms. The Morgan fingerprint density at radius 1 is 0.625 bits per heavy atom. The molecule has 0 aromatic heterocycles. The van der Waals surface area contributed by atoms with Crippen LogP contribution in [0.15, 0.2) is 72.8 Å². The zero-order chi connectivity index (χ0) is 46.8. The number of rotatable bonds is 40. The molecule has 0 aliphatic rings. The van der Waals surface area contributed by atoms with Crippen molar-refractivity contribution in [1.82, 2.24) is 4.72 Å². The summed E-state index contributed by atoms with van der Waals surface area (Å²) in [5.74, 6) is -1.82. The number of ether oxygens (including phenoxy) is 1. The Kier molecular flexibility index (Phi) is 30.9. The number of allylic oxidation sites excluding steroid dienone is 1. The molecule has 0 heterocycles. The smallest absolute Gasteiger partial charge is 0.306 e. The number of hydrogen-bond acceptors (Lipinski definition) is 6. The van der Waals surface area contributed by atoms with Crippen LogP contribution < -0.4 is 15.1 Å². The van der Waals surface area contributed by atoms with Gasteiger partial charge in [0.2, 0.25) is 10.0 Å². The average molecular weight is 926 g/mol. The van der Waals surface area contributed by atoms with E-state index in [2.05, 4.69) is 69.7 Å². The first kappa shape index (κ1) is 57.3. The number of nitrogens with one attached hydrogen (secondary N) is 1. The second-order valence-corrected chi connectivity index (χ2v) is 25.3. The van der Waals surface area contributed by atoms with Crippen molar-refractivity contribution < 1.29 is 32.3 Å². The molecule has 2 N–H and O–H groups in total. The molecule has 2 rings (SSSR count). The molecular formula is C54H91NO7SSi. The van der Waals surface area contributed by atoms with Crippen molar-refractivity contribution >= 4 is 40.7 Å². The molecule has 64 heavy (non-hydrogen) atoms. The van der Waals surface area contributed by atoms with Crippen molar-refractivity contribution in [3.05, 3.63) is 72.8 Å². The summed E-state index contributed by atoms with van der Waals surface area (Å²) in [5, 5.41) is 11.0. The fourth-order valence-electron chi connectivity index (χ4n) is 8.74. The summed E-state index contributed by atoms with van der Waals surface area (Å²) in [5.41, 5.74) is 0. The van der Waals surface area contributed by atoms with Gasteiger partial charge < -0.3 is 14.3 Å². The number of hydrogen-bond donors (Lipinski definition) is 2. The molecule has 0 bridgehead atoms. The number of unbranched alkanes of at least 4 members (excludes halogenated alkanes) is 24. The van der Waals surface area contributed by atoms with E-state index in [0.29, 0.717) is 6.42 Å². The predicted octanol–water partition coefficient (Wildman–Crippen LogP) is 13.4. The third-order valence-electron chi connectivity index (χ3n) is 12.5. The van der Waals surface area contributed by atoms with E-state index in [1.807, 2.05) is 42.5 Å². The zero-order valence-electron chi connectivity index (χ0n) is 41.1. The van der Waals surface area contributed by atoms with Crippen molar-refractivity contribution in [2.24, 2.45) is 0 Å². The first-order chi connectivity index (χ1) is 30.9. The molecule has 0 saturated heterocycles. The normalized spacial score (nSPS) is 13.3. The molecule has 0 amide bonds. The van der Waals surface area contributed by atoms with Crippen LogP contribution in [-0.4, -0.2) is 58.3 Å². The van der Waals surface area contributed by atoms with Crippen LogP contribution in [0.25, 0.3) is 0 Å². The van der Waals surface area contributed by atoms with Crippen LogP contribution in [0, 0.1) is 0 Å². The van der Waals surface area contributed by atoms with Gasteiger partial charge in [-0.15, -0.1) is 0 Å². The number of benzene rings is 2. The zero-order valence-corrected chi connectivity index (χ0v) is 42.9. The van der Waals surface area contributed by atoms with Gasteiger partial charge in [-0.3, -0.25) is 9.59 Å². The average Bonchev–Trinajstić information content (AvgIpc) is 3.27. The fraction of sp³-hybridized carbons (Fsp3) is 0.704. The number of carbonyl (C=O) groups excluding carboxylic acids is 1. The van der Waals surface area contributed by atoms with Crippen molar-refractivity contribution in [1.29, 1.82) is 0 Å². The molecule has 0 fully saturated rings. The summed E-state index contributed by atoms with van der Waals surface area (Å²) in [6.07, 6.45) is 33.7. The first-order valence-corrected chi connectivity index (χ1v) is 29.2. The third kappa shape index (κ3) is 24.7. The van der Waals surface area contributed by atoms with Gasteiger partial charge >= 0.3 is 11.9 Å². The van der Waals surface area contributed by atoms with Crippen LogP contribution in [0.3, 0.4) is 0 Å². The van der Waals surface area contributed by atoms with Crippen LogP contribution in [-0.2, 0) is 28.8 Å². The maximum atomic E-state index is 14.0. The molecule has 2 aromatic rings. The van der Waals surface area contributed by atoms with Crippen molar-refractivity contribution in [2.75, 3.05) is 12.4 Å². The standard InChI is InChI=1S/C54H91NO7SSi/c1-6-8-10-12-14-16-18-20-22-24-26-28-30-38-46-63(59,60)55-50(47-61-53(58)45-44-52(56)57)51(43-37-29-27-25-23-21-19-17-15-13-11-9-7-2)62-64(54(3,4)5,48-39-33-31-34-40-48)49-41-35-32-36-42-49/h31-37,39-43,50-51,55H,6-30,38,44-47H2,1-5H3,(H,56,57)/b43-37+/t50-,51+/m0/s1. The van der Waals surface area contributed by atoms with Crippen LogP contribution in [0.1, 0.15) is 214 Å². The summed E-state index contributed by atoms with van der Waals surface area (Å²) in [6, 6.07) is 19.6. The summed E-state index contributed by atoms with van der Waals surface area (Å²) in [7, 11) is -7.04. The molecule has 2 aromatic carbocycles. The monoisotopic (exact) mass is 926 g/mol. The highest BCUT2D eigenvalue weighted by atomic mass is 32.2. The van der Waals surface area contributed by atoms with Crippen molar-refractivity contribution in [2.45, 2.75) is 232 Å². The topological polar surface area (TPSA) is 119 Å². The van der Waals surface area contributed by atoms with Crippen molar-refractivity contribution in [3.8, 4) is 0 Å². The van der Waals surface area contributed by atoms with E-state index in [0.717, 1.165) is 48.9 Å². The lowest BCUT2D eigenvalue weighted by Gasteiger charge is -2.46. The second-order valence-electron chi connectivity index (χ2n) is 19.2. The summed E-state index contributed by atoms with van der Waals surface area (Å²) >= 11 is 0. The summed E-state index contributed by atoms with van der Waals surface area (Å²) in [6.45, 7) is 10.8. The van der Waals surface area contributed by atoms with E-state index in [9.17, 15) is 23.1 Å². The van der Waals surface area contributed by atoms with Crippen LogP contribution in [0.5, 0.6) is 0 Å². The number of carboxylic acid groups (broad SMARTS) is 1. The molecule has 8 nitrogen and oxygen atoms in total. The SMILES string of the molecule is CCCCCCCCCCCCC/C=C/[C@@H](O[Si](c1ccccc1)(c1ccccc1)C(C)(C)C)[C@H](COC(=O)CCC(=O)O)NS(=O)(=O)CCCCCCCCCCCCCCCC. The van der Waals surface area contributed by atoms with E-state index >= 15 is 0 Å². The lowest BCUT2D eigenvalue weighted by Crippen LogP contribution is -2.69. The number of aliphatic carboxylic acids is 1. The Labute approximate surface area is 392 Å². The van der Waals surface area contributed by atoms with Gasteiger partial charge in [-0.1, -0.05) is 255 Å². The van der Waals surface area contributed by atoms with Gasteiger partial charge in [-0.25, -0.2) is 13.1 Å². The Bertz CT molecular complexity index is 1570. The summed E-state index contributed by atoms with van der Waals surface area (Å²) < 4.78 is 44.3. The number of esters is 1. The third-order valence-corrected chi connectivity index (χ3v) is 19.0. The van der Waals surface area contributed by atoms with E-state index in [4.69, 9.17) is 9.16 Å². The van der Waals surface area contributed by atoms with Gasteiger partial charge in [0, 0.05) is 0 Å². The molecule has 364 valence electrons. The van der Waals surface area contributed by atoms with Crippen LogP contribution in [0.4, 0.5) is 0 Å². The Hall–Kier alpha value is -2.79. The minimum atomic E-state index is -3.83. The maximum absolute atomic E-state index is 14.0. The first-order valence-electron chi connectivity index (χ1n) is 25.7. The minimum Gasteiger partial charge on any atom is -0.481 e. The lowest BCUT2D eigenvalue weighted by atomic mass is 10.0. The van der Waals surface area contributed by atoms with Gasteiger partial charge in [-0.2, -0.15) is 0 Å². The van der Waals surface area contributed by atoms with Gasteiger partial charge in [-0.05, 0) is 34.7 Å². The fourth-order valence-corrected chi connectivity index (χ4v) is 14.8. The largest absolute Gasteiger partial charge is 0.481 e. The van der Waals surface area contributed by atoms with Crippen LogP contribution in [0.2, 0.25) is 5.04 Å². The van der Waals surface area contributed by atoms with Gasteiger partial charge in [0.25, 0.3) is 8.32 Å². The molecule has 0 unspecified atom stereocenters. The molecular weight excluding hydrogens is 835 g/mol. The highest BCUT2D eigenvalue weighted by Crippen LogP contribution is 2.38. The molecule has 0 spiro atoms.